The number of thiazole rings is 1. The molecule has 0 atom stereocenters. The summed E-state index contributed by atoms with van der Waals surface area (Å²) in [6.45, 7) is 2.93. The standard InChI is InChI=1S/C12H16N2S2/c1-2-9-5-6-11(16-9)10-8-15-12(14-10)4-3-7-13/h5-6,8H,2-4,7,13H2,1H3. The highest BCUT2D eigenvalue weighted by atomic mass is 32.1. The number of hydrogen-bond acceptors (Lipinski definition) is 4. The molecule has 0 saturated carbocycles. The molecule has 0 radical (unpaired) electrons. The maximum absolute atomic E-state index is 5.49. The molecular formula is C12H16N2S2. The van der Waals surface area contributed by atoms with E-state index in [-0.39, 0.29) is 0 Å². The molecule has 0 aliphatic carbocycles. The van der Waals surface area contributed by atoms with E-state index >= 15 is 0 Å². The highest BCUT2D eigenvalue weighted by Gasteiger charge is 2.06. The average Bonchev–Trinajstić information content (AvgIpc) is 2.94. The predicted molar refractivity (Wildman–Crippen MR) is 72.2 cm³/mol. The van der Waals surface area contributed by atoms with Crippen LogP contribution in [0.25, 0.3) is 10.6 Å². The summed E-state index contributed by atoms with van der Waals surface area (Å²) >= 11 is 3.58. The second-order valence-electron chi connectivity index (χ2n) is 3.64. The third-order valence-corrected chi connectivity index (χ3v) is 4.57. The van der Waals surface area contributed by atoms with Gasteiger partial charge in [-0.1, -0.05) is 6.92 Å². The number of aryl methyl sites for hydroxylation is 2. The zero-order valence-electron chi connectivity index (χ0n) is 9.40. The summed E-state index contributed by atoms with van der Waals surface area (Å²) in [5.41, 5.74) is 6.62. The number of rotatable bonds is 5. The first-order valence-corrected chi connectivity index (χ1v) is 7.26. The highest BCUT2D eigenvalue weighted by Crippen LogP contribution is 2.29. The highest BCUT2D eigenvalue weighted by molar-refractivity contribution is 7.16. The van der Waals surface area contributed by atoms with Crippen LogP contribution in [-0.2, 0) is 12.8 Å². The number of hydrogen-bond donors (Lipinski definition) is 1. The van der Waals surface area contributed by atoms with Gasteiger partial charge in [-0.15, -0.1) is 22.7 Å². The van der Waals surface area contributed by atoms with Crippen LogP contribution in [0.1, 0.15) is 23.2 Å². The van der Waals surface area contributed by atoms with Crippen LogP contribution in [0.4, 0.5) is 0 Å². The summed E-state index contributed by atoms with van der Waals surface area (Å²) in [6, 6.07) is 4.37. The Labute approximate surface area is 104 Å². The molecule has 0 fully saturated rings. The first-order chi connectivity index (χ1) is 7.83. The average molecular weight is 252 g/mol. The van der Waals surface area contributed by atoms with Crippen molar-refractivity contribution in [1.82, 2.24) is 4.98 Å². The Morgan fingerprint density at radius 2 is 2.25 bits per heavy atom. The molecule has 0 aromatic carbocycles. The van der Waals surface area contributed by atoms with Crippen molar-refractivity contribution >= 4 is 22.7 Å². The minimum atomic E-state index is 0.744. The van der Waals surface area contributed by atoms with Crippen LogP contribution in [0.15, 0.2) is 17.5 Å². The quantitative estimate of drug-likeness (QED) is 0.886. The Morgan fingerprint density at radius 3 is 2.94 bits per heavy atom. The van der Waals surface area contributed by atoms with E-state index < -0.39 is 0 Å². The second kappa shape index (κ2) is 5.57. The van der Waals surface area contributed by atoms with E-state index in [1.54, 1.807) is 11.3 Å². The maximum atomic E-state index is 5.49. The Kier molecular flexibility index (Phi) is 4.09. The first-order valence-electron chi connectivity index (χ1n) is 5.57. The smallest absolute Gasteiger partial charge is 0.0933 e. The van der Waals surface area contributed by atoms with Crippen molar-refractivity contribution in [3.63, 3.8) is 0 Å². The zero-order valence-corrected chi connectivity index (χ0v) is 11.0. The monoisotopic (exact) mass is 252 g/mol. The van der Waals surface area contributed by atoms with Gasteiger partial charge in [0.25, 0.3) is 0 Å². The third-order valence-electron chi connectivity index (χ3n) is 2.41. The number of nitrogens with zero attached hydrogens (tertiary/aromatic N) is 1. The molecule has 2 rings (SSSR count). The van der Waals surface area contributed by atoms with Gasteiger partial charge in [0.1, 0.15) is 0 Å². The molecule has 0 saturated heterocycles. The van der Waals surface area contributed by atoms with Gasteiger partial charge in [-0.3, -0.25) is 0 Å². The van der Waals surface area contributed by atoms with Gasteiger partial charge in [0.2, 0.25) is 0 Å². The van der Waals surface area contributed by atoms with E-state index in [2.05, 4.69) is 29.4 Å². The van der Waals surface area contributed by atoms with Crippen LogP contribution < -0.4 is 5.73 Å². The Balaban J connectivity index is 2.11. The van der Waals surface area contributed by atoms with Gasteiger partial charge < -0.3 is 5.73 Å². The van der Waals surface area contributed by atoms with Gasteiger partial charge in [0, 0.05) is 16.7 Å². The summed E-state index contributed by atoms with van der Waals surface area (Å²) in [6.07, 6.45) is 3.14. The van der Waals surface area contributed by atoms with E-state index in [4.69, 9.17) is 5.73 Å². The SMILES string of the molecule is CCc1ccc(-c2csc(CCCN)n2)s1. The van der Waals surface area contributed by atoms with Crippen molar-refractivity contribution in [2.24, 2.45) is 5.73 Å². The van der Waals surface area contributed by atoms with E-state index in [1.165, 1.54) is 14.8 Å². The Morgan fingerprint density at radius 1 is 1.38 bits per heavy atom. The molecule has 0 aliphatic heterocycles. The molecule has 2 aromatic rings. The zero-order chi connectivity index (χ0) is 11.4. The largest absolute Gasteiger partial charge is 0.330 e. The number of aromatic nitrogens is 1. The molecule has 16 heavy (non-hydrogen) atoms. The molecule has 2 N–H and O–H groups in total. The molecule has 0 bridgehead atoms. The van der Waals surface area contributed by atoms with Crippen LogP contribution in [0, 0.1) is 0 Å². The number of nitrogens with two attached hydrogens (primary N) is 1. The fourth-order valence-electron chi connectivity index (χ4n) is 1.50. The van der Waals surface area contributed by atoms with Gasteiger partial charge in [0.15, 0.2) is 0 Å². The Bertz CT molecular complexity index is 445. The molecule has 0 unspecified atom stereocenters. The van der Waals surface area contributed by atoms with Gasteiger partial charge >= 0.3 is 0 Å². The minimum absolute atomic E-state index is 0.744. The lowest BCUT2D eigenvalue weighted by Crippen LogP contribution is -1.99. The maximum Gasteiger partial charge on any atom is 0.0933 e. The summed E-state index contributed by atoms with van der Waals surface area (Å²) in [7, 11) is 0. The molecular weight excluding hydrogens is 236 g/mol. The third kappa shape index (κ3) is 2.70. The first kappa shape index (κ1) is 11.8. The van der Waals surface area contributed by atoms with Crippen molar-refractivity contribution in [3.8, 4) is 10.6 Å². The summed E-state index contributed by atoms with van der Waals surface area (Å²) in [5, 5.41) is 3.35. The van der Waals surface area contributed by atoms with Crippen LogP contribution in [0.5, 0.6) is 0 Å². The van der Waals surface area contributed by atoms with Crippen LogP contribution in [0.3, 0.4) is 0 Å². The van der Waals surface area contributed by atoms with Crippen LogP contribution in [0.2, 0.25) is 0 Å². The molecule has 2 nitrogen and oxygen atoms in total. The van der Waals surface area contributed by atoms with Crippen molar-refractivity contribution < 1.29 is 0 Å². The summed E-state index contributed by atoms with van der Waals surface area (Å²) in [4.78, 5) is 7.35. The van der Waals surface area contributed by atoms with Gasteiger partial charge in [-0.05, 0) is 31.5 Å². The van der Waals surface area contributed by atoms with Crippen molar-refractivity contribution in [2.75, 3.05) is 6.54 Å². The van der Waals surface area contributed by atoms with Crippen molar-refractivity contribution in [2.45, 2.75) is 26.2 Å². The molecule has 0 aliphatic rings. The van der Waals surface area contributed by atoms with Gasteiger partial charge in [-0.2, -0.15) is 0 Å². The van der Waals surface area contributed by atoms with Crippen molar-refractivity contribution in [3.05, 3.63) is 27.4 Å². The fourth-order valence-corrected chi connectivity index (χ4v) is 3.32. The van der Waals surface area contributed by atoms with Crippen LogP contribution >= 0.6 is 22.7 Å². The molecule has 4 heteroatoms. The van der Waals surface area contributed by atoms with E-state index in [1.807, 2.05) is 11.3 Å². The number of thiophene rings is 1. The molecule has 2 aromatic heterocycles. The minimum Gasteiger partial charge on any atom is -0.330 e. The second-order valence-corrected chi connectivity index (χ2v) is 5.75. The molecule has 0 amide bonds. The van der Waals surface area contributed by atoms with Gasteiger partial charge in [-0.25, -0.2) is 4.98 Å². The van der Waals surface area contributed by atoms with E-state index in [0.717, 1.165) is 31.5 Å². The lowest BCUT2D eigenvalue weighted by atomic mass is 10.3. The lowest BCUT2D eigenvalue weighted by molar-refractivity contribution is 0.827. The summed E-state index contributed by atoms with van der Waals surface area (Å²) in [5.74, 6) is 0. The predicted octanol–water partition coefficient (Wildman–Crippen LogP) is 3.33. The van der Waals surface area contributed by atoms with E-state index in [0.29, 0.717) is 0 Å². The van der Waals surface area contributed by atoms with Crippen LogP contribution in [-0.4, -0.2) is 11.5 Å². The Hall–Kier alpha value is -0.710. The normalized spacial score (nSPS) is 10.9. The summed E-state index contributed by atoms with van der Waals surface area (Å²) < 4.78 is 0. The fraction of sp³-hybridized carbons (Fsp3) is 0.417. The van der Waals surface area contributed by atoms with Gasteiger partial charge in [0.05, 0.1) is 15.6 Å². The van der Waals surface area contributed by atoms with E-state index in [9.17, 15) is 0 Å². The molecule has 0 spiro atoms. The molecule has 86 valence electrons. The van der Waals surface area contributed by atoms with Crippen molar-refractivity contribution in [1.29, 1.82) is 0 Å². The molecule has 2 heterocycles. The lowest BCUT2D eigenvalue weighted by Gasteiger charge is -1.92. The topological polar surface area (TPSA) is 38.9 Å².